The maximum atomic E-state index is 11.1. The van der Waals surface area contributed by atoms with Crippen LogP contribution in [0.5, 0.6) is 0 Å². The largest absolute Gasteiger partial charge is 0.478 e. The van der Waals surface area contributed by atoms with E-state index in [2.05, 4.69) is 20.3 Å². The molecule has 0 aliphatic rings. The lowest BCUT2D eigenvalue weighted by molar-refractivity contribution is -0.446. The van der Waals surface area contributed by atoms with Gasteiger partial charge in [0, 0.05) is 18.0 Å². The minimum absolute atomic E-state index is 0.0950. The monoisotopic (exact) mass is 352 g/mol. The lowest BCUT2D eigenvalue weighted by Crippen LogP contribution is -2.12. The molecular formula is C16H12N6O4. The van der Waals surface area contributed by atoms with E-state index in [1.54, 1.807) is 42.6 Å². The number of aromatic carboxylic acids is 1. The summed E-state index contributed by atoms with van der Waals surface area (Å²) >= 11 is 0. The zero-order valence-electron chi connectivity index (χ0n) is 13.2. The van der Waals surface area contributed by atoms with Gasteiger partial charge < -0.3 is 10.4 Å². The molecule has 130 valence electrons. The fraction of sp³-hybridized carbons (Fsp3) is 0. The van der Waals surface area contributed by atoms with Crippen LogP contribution in [0, 0.1) is 10.1 Å². The lowest BCUT2D eigenvalue weighted by atomic mass is 10.2. The van der Waals surface area contributed by atoms with Gasteiger partial charge >= 0.3 is 5.97 Å². The molecule has 0 unspecified atom stereocenters. The van der Waals surface area contributed by atoms with E-state index in [1.807, 2.05) is 5.43 Å². The van der Waals surface area contributed by atoms with Crippen LogP contribution in [0.1, 0.15) is 10.4 Å². The maximum absolute atomic E-state index is 11.1. The van der Waals surface area contributed by atoms with E-state index in [4.69, 9.17) is 5.11 Å². The fourth-order valence-corrected chi connectivity index (χ4v) is 2.17. The van der Waals surface area contributed by atoms with Crippen LogP contribution in [0.15, 0.2) is 54.7 Å². The molecule has 0 fully saturated rings. The molecule has 0 radical (unpaired) electrons. The number of nitrogens with zero attached hydrogens (tertiary/aromatic N) is 4. The van der Waals surface area contributed by atoms with Gasteiger partial charge in [-0.2, -0.15) is 4.98 Å². The van der Waals surface area contributed by atoms with Crippen molar-refractivity contribution in [1.29, 1.82) is 0 Å². The Morgan fingerprint density at radius 2 is 1.92 bits per heavy atom. The van der Waals surface area contributed by atoms with Crippen LogP contribution in [-0.2, 0) is 0 Å². The Balaban J connectivity index is 1.99. The van der Waals surface area contributed by atoms with Crippen molar-refractivity contribution in [3.63, 3.8) is 0 Å². The highest BCUT2D eigenvalue weighted by atomic mass is 16.7. The Kier molecular flexibility index (Phi) is 4.65. The number of carbonyl (C=O) groups is 1. The third kappa shape index (κ3) is 4.06. The first-order valence-electron chi connectivity index (χ1n) is 7.33. The van der Waals surface area contributed by atoms with E-state index in [0.717, 1.165) is 0 Å². The number of nitro groups is 1. The van der Waals surface area contributed by atoms with Crippen molar-refractivity contribution in [3.8, 4) is 11.4 Å². The minimum atomic E-state index is -1.07. The van der Waals surface area contributed by atoms with Gasteiger partial charge in [0.25, 0.3) is 5.95 Å². The van der Waals surface area contributed by atoms with E-state index >= 15 is 0 Å². The quantitative estimate of drug-likeness (QED) is 0.450. The molecule has 1 aromatic carbocycles. The van der Waals surface area contributed by atoms with Gasteiger partial charge in [0.1, 0.15) is 5.82 Å². The van der Waals surface area contributed by atoms with Crippen LogP contribution in [0.2, 0.25) is 0 Å². The van der Waals surface area contributed by atoms with Crippen molar-refractivity contribution in [2.45, 2.75) is 0 Å². The number of carboxylic acids is 1. The van der Waals surface area contributed by atoms with Crippen molar-refractivity contribution < 1.29 is 14.9 Å². The summed E-state index contributed by atoms with van der Waals surface area (Å²) in [6.07, 6.45) is 1.57. The summed E-state index contributed by atoms with van der Waals surface area (Å²) in [6.45, 7) is 0. The van der Waals surface area contributed by atoms with Crippen molar-refractivity contribution in [2.75, 3.05) is 10.7 Å². The van der Waals surface area contributed by atoms with Gasteiger partial charge in [0.2, 0.25) is 0 Å². The smallest absolute Gasteiger partial charge is 0.335 e. The second-order valence-corrected chi connectivity index (χ2v) is 5.06. The summed E-state index contributed by atoms with van der Waals surface area (Å²) in [5.41, 5.74) is 3.33. The number of pyridine rings is 1. The number of hydrogen-bond acceptors (Lipinski definition) is 7. The summed E-state index contributed by atoms with van der Waals surface area (Å²) in [4.78, 5) is 34.0. The Morgan fingerprint density at radius 1 is 1.08 bits per heavy atom. The number of rotatable bonds is 6. The van der Waals surface area contributed by atoms with Crippen LogP contribution in [0.3, 0.4) is 0 Å². The molecular weight excluding hydrogens is 340 g/mol. The molecule has 0 aliphatic heterocycles. The molecule has 2 aromatic heterocycles. The second kappa shape index (κ2) is 7.21. The van der Waals surface area contributed by atoms with Crippen molar-refractivity contribution in [1.82, 2.24) is 15.0 Å². The zero-order chi connectivity index (χ0) is 18.5. The zero-order valence-corrected chi connectivity index (χ0v) is 13.2. The van der Waals surface area contributed by atoms with Crippen molar-refractivity contribution in [3.05, 3.63) is 70.4 Å². The first-order valence-corrected chi connectivity index (χ1v) is 7.33. The minimum Gasteiger partial charge on any atom is -0.478 e. The first-order chi connectivity index (χ1) is 12.5. The number of hydrazine groups is 1. The number of nitrogens with one attached hydrogen (secondary N) is 2. The molecule has 10 nitrogen and oxygen atoms in total. The molecule has 3 aromatic rings. The first kappa shape index (κ1) is 16.8. The van der Waals surface area contributed by atoms with E-state index in [9.17, 15) is 14.9 Å². The molecule has 0 saturated heterocycles. The van der Waals surface area contributed by atoms with Crippen LogP contribution in [-0.4, -0.2) is 31.1 Å². The van der Waals surface area contributed by atoms with Crippen molar-refractivity contribution >= 4 is 23.4 Å². The van der Waals surface area contributed by atoms with E-state index in [0.29, 0.717) is 17.1 Å². The Bertz CT molecular complexity index is 964. The van der Waals surface area contributed by atoms with Gasteiger partial charge in [-0.1, -0.05) is 17.6 Å². The number of hydrogen-bond donors (Lipinski definition) is 3. The lowest BCUT2D eigenvalue weighted by Gasteiger charge is -2.09. The normalized spacial score (nSPS) is 10.2. The molecule has 0 aliphatic carbocycles. The van der Waals surface area contributed by atoms with E-state index < -0.39 is 11.0 Å². The van der Waals surface area contributed by atoms with Crippen LogP contribution in [0.4, 0.5) is 17.5 Å². The van der Waals surface area contributed by atoms with E-state index in [-0.39, 0.29) is 17.3 Å². The van der Waals surface area contributed by atoms with Crippen LogP contribution >= 0.6 is 0 Å². The topological polar surface area (TPSA) is 143 Å². The summed E-state index contributed by atoms with van der Waals surface area (Å²) in [5, 5.41) is 21.9. The molecule has 0 atom stereocenters. The Labute approximate surface area is 146 Å². The Hall–Kier alpha value is -4.08. The van der Waals surface area contributed by atoms with Crippen molar-refractivity contribution in [2.24, 2.45) is 0 Å². The molecule has 0 amide bonds. The molecule has 0 bridgehead atoms. The summed E-state index contributed by atoms with van der Waals surface area (Å²) in [7, 11) is 0. The predicted molar refractivity (Wildman–Crippen MR) is 92.6 cm³/mol. The highest BCUT2D eigenvalue weighted by Gasteiger charge is 2.12. The second-order valence-electron chi connectivity index (χ2n) is 5.06. The number of benzene rings is 1. The molecule has 0 saturated carbocycles. The highest BCUT2D eigenvalue weighted by molar-refractivity contribution is 5.89. The highest BCUT2D eigenvalue weighted by Crippen LogP contribution is 2.22. The maximum Gasteiger partial charge on any atom is 0.335 e. The summed E-state index contributed by atoms with van der Waals surface area (Å²) < 4.78 is 0. The molecule has 10 heteroatoms. The number of aromatic nitrogens is 3. The van der Waals surface area contributed by atoms with Gasteiger partial charge in [-0.05, 0) is 30.3 Å². The Morgan fingerprint density at radius 3 is 2.62 bits per heavy atom. The van der Waals surface area contributed by atoms with Gasteiger partial charge in [0.05, 0.1) is 17.0 Å². The number of carboxylic acid groups (broad SMARTS) is 1. The van der Waals surface area contributed by atoms with Gasteiger partial charge in [0.15, 0.2) is 5.03 Å². The predicted octanol–water partition coefficient (Wildman–Crippen LogP) is 2.58. The van der Waals surface area contributed by atoms with Gasteiger partial charge in [-0.15, -0.1) is 0 Å². The molecule has 3 rings (SSSR count). The average molecular weight is 352 g/mol. The average Bonchev–Trinajstić information content (AvgIpc) is 2.62. The molecule has 3 N–H and O–H groups in total. The SMILES string of the molecule is O=C(O)c1cccc(Nc2cc(-c3ccccn3)nc(N[N+](=O)[O-])n2)c1. The third-order valence-corrected chi connectivity index (χ3v) is 3.23. The van der Waals surface area contributed by atoms with Crippen LogP contribution in [0.25, 0.3) is 11.4 Å². The van der Waals surface area contributed by atoms with Gasteiger partial charge in [-0.3, -0.25) is 4.98 Å². The van der Waals surface area contributed by atoms with Gasteiger partial charge in [-0.25, -0.2) is 19.9 Å². The van der Waals surface area contributed by atoms with E-state index in [1.165, 1.54) is 12.1 Å². The van der Waals surface area contributed by atoms with Crippen LogP contribution < -0.4 is 10.7 Å². The molecule has 0 spiro atoms. The fourth-order valence-electron chi connectivity index (χ4n) is 2.17. The summed E-state index contributed by atoms with van der Waals surface area (Å²) in [6, 6.07) is 12.8. The molecule has 2 heterocycles. The number of anilines is 3. The summed E-state index contributed by atoms with van der Waals surface area (Å²) in [5.74, 6) is -1.05. The third-order valence-electron chi connectivity index (χ3n) is 3.23. The molecule has 26 heavy (non-hydrogen) atoms. The standard InChI is InChI=1S/C16H12N6O4/c23-15(24)10-4-3-5-11(8-10)18-14-9-13(12-6-1-2-7-17-12)19-16(20-14)21-22(25)26/h1-9H,(H,23,24)(H2,18,19,20,21).